The first kappa shape index (κ1) is 39.1. The molecular formula is C40H55N5O9S. The first-order valence-electron chi connectivity index (χ1n) is 20.0. The molecule has 0 aromatic heterocycles. The summed E-state index contributed by atoms with van der Waals surface area (Å²) in [5.74, 6) is -2.77. The number of fused-ring (bicyclic) bond motifs is 3. The smallest absolute Gasteiger partial charge is 0.410 e. The third kappa shape index (κ3) is 8.51. The molecule has 1 saturated heterocycles. The normalized spacial score (nSPS) is 30.4. The number of amides is 5. The van der Waals surface area contributed by atoms with Crippen LogP contribution in [0, 0.1) is 17.3 Å². The van der Waals surface area contributed by atoms with Gasteiger partial charge in [0.05, 0.1) is 18.4 Å². The molecule has 0 unspecified atom stereocenters. The molecule has 6 aliphatic rings. The van der Waals surface area contributed by atoms with E-state index in [-0.39, 0.29) is 37.3 Å². The fourth-order valence-electron chi connectivity index (χ4n) is 8.91. The van der Waals surface area contributed by atoms with Gasteiger partial charge in [-0.25, -0.2) is 18.0 Å². The highest BCUT2D eigenvalue weighted by Gasteiger charge is 2.62. The maximum atomic E-state index is 14.7. The highest BCUT2D eigenvalue weighted by Crippen LogP contribution is 2.45. The van der Waals surface area contributed by atoms with Gasteiger partial charge in [-0.05, 0) is 79.4 Å². The van der Waals surface area contributed by atoms with Crippen LogP contribution in [0.5, 0.6) is 0 Å². The zero-order valence-corrected chi connectivity index (χ0v) is 32.8. The molecular weight excluding hydrogens is 727 g/mol. The molecule has 3 aliphatic carbocycles. The zero-order valence-electron chi connectivity index (χ0n) is 32.0. The fraction of sp³-hybridized carbons (Fsp3) is 0.675. The second kappa shape index (κ2) is 15.4. The van der Waals surface area contributed by atoms with E-state index < -0.39 is 74.8 Å². The highest BCUT2D eigenvalue weighted by molar-refractivity contribution is 7.91. The van der Waals surface area contributed by atoms with Gasteiger partial charge in [-0.15, -0.1) is 6.58 Å². The van der Waals surface area contributed by atoms with Crippen LogP contribution in [-0.4, -0.2) is 90.3 Å². The van der Waals surface area contributed by atoms with Gasteiger partial charge in [0.1, 0.15) is 23.7 Å². The van der Waals surface area contributed by atoms with Crippen LogP contribution < -0.4 is 15.4 Å². The zero-order chi connectivity index (χ0) is 39.1. The quantitative estimate of drug-likeness (QED) is 0.342. The number of aryl methyl sites for hydroxylation is 1. The predicted molar refractivity (Wildman–Crippen MR) is 202 cm³/mol. The van der Waals surface area contributed by atoms with E-state index in [1.165, 1.54) is 16.5 Å². The van der Waals surface area contributed by atoms with Gasteiger partial charge in [-0.3, -0.25) is 24.0 Å². The Labute approximate surface area is 323 Å². The Hall–Kier alpha value is -4.14. The maximum Gasteiger partial charge on any atom is 0.410 e. The topological polar surface area (TPSA) is 181 Å². The molecule has 5 atom stereocenters. The summed E-state index contributed by atoms with van der Waals surface area (Å²) >= 11 is 0. The van der Waals surface area contributed by atoms with Gasteiger partial charge >= 0.3 is 12.2 Å². The lowest BCUT2D eigenvalue weighted by Gasteiger charge is -2.35. The van der Waals surface area contributed by atoms with Gasteiger partial charge in [0.15, 0.2) is 0 Å². The molecule has 4 bridgehead atoms. The third-order valence-corrected chi connectivity index (χ3v) is 14.3. The molecule has 3 aliphatic heterocycles. The summed E-state index contributed by atoms with van der Waals surface area (Å²) in [6.07, 6.45) is 8.06. The number of nitrogens with one attached hydrogen (secondary N) is 3. The molecule has 7 rings (SSSR count). The summed E-state index contributed by atoms with van der Waals surface area (Å²) in [6.45, 7) is 8.72. The van der Waals surface area contributed by atoms with Crippen LogP contribution in [0.4, 0.5) is 9.59 Å². The molecule has 0 spiro atoms. The number of ether oxygens (including phenoxy) is 2. The van der Waals surface area contributed by atoms with E-state index in [0.717, 1.165) is 56.1 Å². The fourth-order valence-corrected chi connectivity index (χ4v) is 10.3. The number of benzene rings is 1. The number of hydrogen-bond acceptors (Lipinski definition) is 9. The molecule has 0 radical (unpaired) electrons. The number of alkyl carbamates (subject to hydrolysis) is 1. The van der Waals surface area contributed by atoms with Crippen molar-refractivity contribution in [3.63, 3.8) is 0 Å². The number of hydrogen-bond donors (Lipinski definition) is 3. The van der Waals surface area contributed by atoms with Crippen LogP contribution in [0.25, 0.3) is 0 Å². The second-order valence-electron chi connectivity index (χ2n) is 17.3. The number of rotatable bonds is 7. The monoisotopic (exact) mass is 781 g/mol. The van der Waals surface area contributed by atoms with Crippen molar-refractivity contribution < 1.29 is 41.9 Å². The summed E-state index contributed by atoms with van der Waals surface area (Å²) in [7, 11) is -3.91. The van der Waals surface area contributed by atoms with Crippen molar-refractivity contribution >= 4 is 39.9 Å². The van der Waals surface area contributed by atoms with Crippen LogP contribution in [0.1, 0.15) is 108 Å². The van der Waals surface area contributed by atoms with Gasteiger partial charge in [-0.1, -0.05) is 63.8 Å². The Balaban J connectivity index is 1.17. The molecule has 3 saturated carbocycles. The van der Waals surface area contributed by atoms with Gasteiger partial charge in [0.25, 0.3) is 5.91 Å². The minimum atomic E-state index is -3.91. The maximum absolute atomic E-state index is 14.7. The lowest BCUT2D eigenvalue weighted by molar-refractivity contribution is -0.142. The number of carbonyl (C=O) groups is 5. The Morgan fingerprint density at radius 2 is 1.75 bits per heavy atom. The highest BCUT2D eigenvalue weighted by atomic mass is 32.2. The van der Waals surface area contributed by atoms with Crippen molar-refractivity contribution in [1.82, 2.24) is 25.2 Å². The van der Waals surface area contributed by atoms with Gasteiger partial charge < -0.3 is 25.0 Å². The number of sulfonamides is 1. The molecule has 300 valence electrons. The van der Waals surface area contributed by atoms with E-state index in [2.05, 4.69) is 41.8 Å². The summed E-state index contributed by atoms with van der Waals surface area (Å²) in [4.78, 5) is 72.8. The average molecular weight is 782 g/mol. The van der Waals surface area contributed by atoms with Crippen LogP contribution in [0.15, 0.2) is 30.9 Å². The molecule has 3 N–H and O–H groups in total. The first-order valence-corrected chi connectivity index (χ1v) is 21.5. The Bertz CT molecular complexity index is 1820. The lowest BCUT2D eigenvalue weighted by Crippen LogP contribution is -2.59. The minimum Gasteiger partial charge on any atom is -0.449 e. The third-order valence-electron chi connectivity index (χ3n) is 12.5. The summed E-state index contributed by atoms with van der Waals surface area (Å²) in [6, 6.07) is 3.94. The number of nitrogens with zero attached hydrogens (tertiary/aromatic N) is 2. The lowest BCUT2D eigenvalue weighted by atomic mass is 9.83. The standard InChI is InChI=1S/C40H55N5O9S/c1-4-28-20-40(28,36(48)43-55(51,52)30-16-17-30)42-34(46)32-19-29-22-45(32)35(47)33(26-12-6-5-7-13-26)41-37(49)53-24-39(2,3)18-9-8-11-25-14-10-15-27-21-44(23-31(25)27)38(50)54-29/h4,10,14-15,26,28-30,32-33H,1,5-9,11-13,16-24H2,2-3H3,(H,41,49)(H,42,46)(H,43,48)/t28-,29-,32+,33+,40-/m1/s1. The van der Waals surface area contributed by atoms with E-state index in [1.54, 1.807) is 4.90 Å². The van der Waals surface area contributed by atoms with Gasteiger partial charge in [0.2, 0.25) is 21.8 Å². The number of cyclic esters (lactones) is 1. The van der Waals surface area contributed by atoms with Gasteiger partial charge in [-0.2, -0.15) is 0 Å². The van der Waals surface area contributed by atoms with Crippen molar-refractivity contribution in [2.75, 3.05) is 13.2 Å². The van der Waals surface area contributed by atoms with Crippen molar-refractivity contribution in [3.8, 4) is 0 Å². The molecule has 15 heteroatoms. The minimum absolute atomic E-state index is 0.0534. The first-order chi connectivity index (χ1) is 26.2. The van der Waals surface area contributed by atoms with Crippen molar-refractivity contribution in [1.29, 1.82) is 0 Å². The molecule has 14 nitrogen and oxygen atoms in total. The van der Waals surface area contributed by atoms with E-state index in [4.69, 9.17) is 9.47 Å². The van der Waals surface area contributed by atoms with E-state index in [0.29, 0.717) is 38.8 Å². The Morgan fingerprint density at radius 3 is 2.45 bits per heavy atom. The van der Waals surface area contributed by atoms with E-state index in [9.17, 15) is 32.4 Å². The number of carbonyl (C=O) groups excluding carboxylic acids is 5. The summed E-state index contributed by atoms with van der Waals surface area (Å²) in [5, 5.41) is 5.02. The van der Waals surface area contributed by atoms with Crippen LogP contribution in [-0.2, 0) is 53.4 Å². The Kier molecular flexibility index (Phi) is 11.0. The SMILES string of the molecule is C=C[C@@H]1C[C@]1(NC(=O)[C@@H]1C[C@@H]2CN1C(=O)[C@H](C1CCCCC1)NC(=O)OCC(C)(C)CCCCc1cccc3c1CN(C3)C(=O)O2)C(=O)NS(=O)(=O)C1CC1. The summed E-state index contributed by atoms with van der Waals surface area (Å²) < 4.78 is 39.4. The molecule has 5 amide bonds. The molecule has 4 fully saturated rings. The van der Waals surface area contributed by atoms with Crippen LogP contribution >= 0.6 is 0 Å². The summed E-state index contributed by atoms with van der Waals surface area (Å²) in [5.41, 5.74) is 1.48. The Morgan fingerprint density at radius 1 is 1.00 bits per heavy atom. The molecule has 3 heterocycles. The largest absolute Gasteiger partial charge is 0.449 e. The van der Waals surface area contributed by atoms with E-state index in [1.807, 2.05) is 12.1 Å². The average Bonchev–Trinajstić information content (AvgIpc) is 4.05. The second-order valence-corrected chi connectivity index (χ2v) is 19.3. The van der Waals surface area contributed by atoms with Crippen LogP contribution in [0.2, 0.25) is 0 Å². The van der Waals surface area contributed by atoms with Crippen molar-refractivity contribution in [2.45, 2.75) is 139 Å². The van der Waals surface area contributed by atoms with Gasteiger partial charge in [0, 0.05) is 25.4 Å². The van der Waals surface area contributed by atoms with E-state index >= 15 is 0 Å². The molecule has 1 aromatic carbocycles. The predicted octanol–water partition coefficient (Wildman–Crippen LogP) is 4.21. The molecule has 1 aromatic rings. The van der Waals surface area contributed by atoms with Crippen LogP contribution in [0.3, 0.4) is 0 Å². The van der Waals surface area contributed by atoms with Crippen molar-refractivity contribution in [3.05, 3.63) is 47.5 Å². The molecule has 55 heavy (non-hydrogen) atoms. The van der Waals surface area contributed by atoms with Crippen molar-refractivity contribution in [2.24, 2.45) is 17.3 Å².